The zero-order valence-corrected chi connectivity index (χ0v) is 15.7. The standard InChI is InChI=1S/C21H19FN2O2S/c1-3-13-24(20(25)15(2)26-18-11-9-17(22)10-12-18)21-23-19(14-27-21)16-7-5-4-6-8-16/h3-12,14-15H,1,13H2,2H3. The van der Waals surface area contributed by atoms with Crippen molar-refractivity contribution in [1.29, 1.82) is 0 Å². The second-order valence-corrected chi connectivity index (χ2v) is 6.67. The van der Waals surface area contributed by atoms with Crippen LogP contribution in [0.3, 0.4) is 0 Å². The molecule has 0 N–H and O–H groups in total. The lowest BCUT2D eigenvalue weighted by Gasteiger charge is -2.22. The highest BCUT2D eigenvalue weighted by Crippen LogP contribution is 2.28. The summed E-state index contributed by atoms with van der Waals surface area (Å²) >= 11 is 1.39. The summed E-state index contributed by atoms with van der Waals surface area (Å²) in [5, 5.41) is 2.49. The number of aromatic nitrogens is 1. The van der Waals surface area contributed by atoms with Gasteiger partial charge in [0, 0.05) is 17.5 Å². The Morgan fingerprint density at radius 2 is 1.96 bits per heavy atom. The van der Waals surface area contributed by atoms with Gasteiger partial charge in [-0.15, -0.1) is 17.9 Å². The summed E-state index contributed by atoms with van der Waals surface area (Å²) in [7, 11) is 0. The molecule has 1 amide bonds. The van der Waals surface area contributed by atoms with E-state index in [1.165, 1.54) is 40.5 Å². The van der Waals surface area contributed by atoms with Gasteiger partial charge in [0.25, 0.3) is 5.91 Å². The average molecular weight is 382 g/mol. The molecule has 3 aromatic rings. The highest BCUT2D eigenvalue weighted by atomic mass is 32.1. The van der Waals surface area contributed by atoms with Crippen LogP contribution in [0.5, 0.6) is 5.75 Å². The summed E-state index contributed by atoms with van der Waals surface area (Å²) in [5.74, 6) is -0.168. The Balaban J connectivity index is 1.78. The Kier molecular flexibility index (Phi) is 5.98. The molecule has 1 heterocycles. The van der Waals surface area contributed by atoms with Gasteiger partial charge in [-0.3, -0.25) is 9.69 Å². The molecule has 1 atom stereocenters. The summed E-state index contributed by atoms with van der Waals surface area (Å²) in [4.78, 5) is 19.0. The molecule has 0 saturated heterocycles. The van der Waals surface area contributed by atoms with Crippen LogP contribution in [0.4, 0.5) is 9.52 Å². The Hall–Kier alpha value is -2.99. The molecular formula is C21H19FN2O2S. The fourth-order valence-electron chi connectivity index (χ4n) is 2.51. The van der Waals surface area contributed by atoms with E-state index in [0.29, 0.717) is 17.4 Å². The SMILES string of the molecule is C=CCN(C(=O)C(C)Oc1ccc(F)cc1)c1nc(-c2ccccc2)cs1. The minimum atomic E-state index is -0.750. The largest absolute Gasteiger partial charge is 0.481 e. The number of carbonyl (C=O) groups excluding carboxylic acids is 1. The fraction of sp³-hybridized carbons (Fsp3) is 0.143. The molecule has 0 fully saturated rings. The van der Waals surface area contributed by atoms with Gasteiger partial charge in [-0.05, 0) is 31.2 Å². The molecule has 0 aliphatic heterocycles. The molecule has 1 aromatic heterocycles. The highest BCUT2D eigenvalue weighted by molar-refractivity contribution is 7.14. The topological polar surface area (TPSA) is 42.4 Å². The van der Waals surface area contributed by atoms with Gasteiger partial charge in [-0.1, -0.05) is 36.4 Å². The van der Waals surface area contributed by atoms with Crippen molar-refractivity contribution in [2.24, 2.45) is 0 Å². The lowest BCUT2D eigenvalue weighted by Crippen LogP contribution is -2.40. The minimum absolute atomic E-state index is 0.242. The van der Waals surface area contributed by atoms with Crippen LogP contribution in [-0.2, 0) is 4.79 Å². The number of thiazole rings is 1. The first-order valence-corrected chi connectivity index (χ1v) is 9.32. The molecule has 138 valence electrons. The number of ether oxygens (including phenoxy) is 1. The van der Waals surface area contributed by atoms with Gasteiger partial charge in [-0.25, -0.2) is 9.37 Å². The second kappa shape index (κ2) is 8.60. The number of carbonyl (C=O) groups is 1. The Bertz CT molecular complexity index is 909. The molecule has 2 aromatic carbocycles. The molecule has 0 saturated carbocycles. The second-order valence-electron chi connectivity index (χ2n) is 5.83. The third-order valence-corrected chi connectivity index (χ3v) is 4.71. The van der Waals surface area contributed by atoms with E-state index in [1.54, 1.807) is 13.0 Å². The Morgan fingerprint density at radius 1 is 1.26 bits per heavy atom. The van der Waals surface area contributed by atoms with Crippen LogP contribution in [-0.4, -0.2) is 23.5 Å². The van der Waals surface area contributed by atoms with E-state index in [0.717, 1.165) is 11.3 Å². The maximum absolute atomic E-state index is 13.0. The number of halogens is 1. The summed E-state index contributed by atoms with van der Waals surface area (Å²) in [6.07, 6.45) is 0.894. The summed E-state index contributed by atoms with van der Waals surface area (Å²) in [6, 6.07) is 15.3. The molecule has 4 nitrogen and oxygen atoms in total. The molecular weight excluding hydrogens is 363 g/mol. The zero-order chi connectivity index (χ0) is 19.2. The number of hydrogen-bond acceptors (Lipinski definition) is 4. The van der Waals surface area contributed by atoms with E-state index in [1.807, 2.05) is 35.7 Å². The zero-order valence-electron chi connectivity index (χ0n) is 14.8. The Morgan fingerprint density at radius 3 is 2.63 bits per heavy atom. The molecule has 0 radical (unpaired) electrons. The average Bonchev–Trinajstić information content (AvgIpc) is 3.18. The number of anilines is 1. The van der Waals surface area contributed by atoms with Crippen LogP contribution in [0.25, 0.3) is 11.3 Å². The molecule has 6 heteroatoms. The fourth-order valence-corrected chi connectivity index (χ4v) is 3.36. The number of hydrogen-bond donors (Lipinski definition) is 0. The van der Waals surface area contributed by atoms with Crippen molar-refractivity contribution < 1.29 is 13.9 Å². The van der Waals surface area contributed by atoms with Gasteiger partial charge >= 0.3 is 0 Å². The van der Waals surface area contributed by atoms with Crippen LogP contribution in [0.2, 0.25) is 0 Å². The predicted molar refractivity (Wildman–Crippen MR) is 107 cm³/mol. The van der Waals surface area contributed by atoms with Crippen LogP contribution in [0.15, 0.2) is 72.6 Å². The first-order chi connectivity index (χ1) is 13.1. The van der Waals surface area contributed by atoms with Crippen LogP contribution >= 0.6 is 11.3 Å². The number of benzene rings is 2. The lowest BCUT2D eigenvalue weighted by molar-refractivity contribution is -0.124. The Labute approximate surface area is 161 Å². The van der Waals surface area contributed by atoms with Crippen LogP contribution in [0, 0.1) is 5.82 Å². The van der Waals surface area contributed by atoms with Gasteiger partial charge < -0.3 is 4.74 Å². The lowest BCUT2D eigenvalue weighted by atomic mass is 10.2. The molecule has 0 bridgehead atoms. The van der Waals surface area contributed by atoms with Crippen molar-refractivity contribution in [2.75, 3.05) is 11.4 Å². The van der Waals surface area contributed by atoms with Gasteiger partial charge in [0.1, 0.15) is 11.6 Å². The molecule has 3 rings (SSSR count). The third-order valence-electron chi connectivity index (χ3n) is 3.84. The van der Waals surface area contributed by atoms with E-state index in [9.17, 15) is 9.18 Å². The van der Waals surface area contributed by atoms with Crippen molar-refractivity contribution in [1.82, 2.24) is 4.98 Å². The molecule has 27 heavy (non-hydrogen) atoms. The normalized spacial score (nSPS) is 11.6. The molecule has 0 aliphatic carbocycles. The van der Waals surface area contributed by atoms with Gasteiger partial charge in [0.2, 0.25) is 0 Å². The quantitative estimate of drug-likeness (QED) is 0.544. The van der Waals surface area contributed by atoms with Gasteiger partial charge in [0.05, 0.1) is 5.69 Å². The van der Waals surface area contributed by atoms with E-state index >= 15 is 0 Å². The highest BCUT2D eigenvalue weighted by Gasteiger charge is 2.25. The summed E-state index contributed by atoms with van der Waals surface area (Å²) in [6.45, 7) is 5.70. The smallest absolute Gasteiger partial charge is 0.269 e. The predicted octanol–water partition coefficient (Wildman–Crippen LogP) is 4.94. The first kappa shape index (κ1) is 18.8. The van der Waals surface area contributed by atoms with Crippen molar-refractivity contribution in [3.63, 3.8) is 0 Å². The summed E-state index contributed by atoms with van der Waals surface area (Å²) < 4.78 is 18.7. The van der Waals surface area contributed by atoms with Crippen molar-refractivity contribution in [3.05, 3.63) is 78.4 Å². The number of amides is 1. The maximum atomic E-state index is 13.0. The van der Waals surface area contributed by atoms with E-state index in [4.69, 9.17) is 4.74 Å². The van der Waals surface area contributed by atoms with E-state index in [-0.39, 0.29) is 11.7 Å². The number of nitrogens with zero attached hydrogens (tertiary/aromatic N) is 2. The monoisotopic (exact) mass is 382 g/mol. The van der Waals surface area contributed by atoms with E-state index < -0.39 is 6.10 Å². The van der Waals surface area contributed by atoms with E-state index in [2.05, 4.69) is 11.6 Å². The molecule has 0 aliphatic rings. The van der Waals surface area contributed by atoms with Crippen LogP contribution in [0.1, 0.15) is 6.92 Å². The summed E-state index contributed by atoms with van der Waals surface area (Å²) in [5.41, 5.74) is 1.80. The van der Waals surface area contributed by atoms with Crippen molar-refractivity contribution >= 4 is 22.4 Å². The van der Waals surface area contributed by atoms with Crippen molar-refractivity contribution in [2.45, 2.75) is 13.0 Å². The maximum Gasteiger partial charge on any atom is 0.269 e. The third kappa shape index (κ3) is 4.60. The van der Waals surface area contributed by atoms with Gasteiger partial charge in [0.15, 0.2) is 11.2 Å². The van der Waals surface area contributed by atoms with Crippen LogP contribution < -0.4 is 9.64 Å². The first-order valence-electron chi connectivity index (χ1n) is 8.44. The van der Waals surface area contributed by atoms with Crippen molar-refractivity contribution in [3.8, 4) is 17.0 Å². The minimum Gasteiger partial charge on any atom is -0.481 e. The molecule has 0 spiro atoms. The van der Waals surface area contributed by atoms with Gasteiger partial charge in [-0.2, -0.15) is 0 Å². The number of rotatable bonds is 7. The molecule has 1 unspecified atom stereocenters.